The Morgan fingerprint density at radius 3 is 2.21 bits per heavy atom. The molecule has 0 unspecified atom stereocenters. The lowest BCUT2D eigenvalue weighted by molar-refractivity contribution is -0.385. The van der Waals surface area contributed by atoms with Gasteiger partial charge in [0.15, 0.2) is 6.61 Å². The summed E-state index contributed by atoms with van der Waals surface area (Å²) >= 11 is 0. The van der Waals surface area contributed by atoms with Gasteiger partial charge in [-0.2, -0.15) is 0 Å². The lowest BCUT2D eigenvalue weighted by atomic mass is 10.2. The maximum Gasteiger partial charge on any atom is 0.337 e. The first-order chi connectivity index (χ1) is 15.7. The summed E-state index contributed by atoms with van der Waals surface area (Å²) < 4.78 is 9.46. The lowest BCUT2D eigenvalue weighted by Gasteiger charge is -2.08. The van der Waals surface area contributed by atoms with Gasteiger partial charge in [0, 0.05) is 35.8 Å². The van der Waals surface area contributed by atoms with Crippen LogP contribution in [0.25, 0.3) is 0 Å². The van der Waals surface area contributed by atoms with E-state index in [1.165, 1.54) is 37.4 Å². The standard InChI is InChI=1S/C22H23N3O8/c1-14-6-9-17(12-18(14)25(30)31)24-20(27)13-33-21(28)5-3-4-19(26)23-16-10-7-15(8-11-16)22(29)32-2/h6-12H,3-5,13H2,1-2H3,(H,23,26)(H,24,27). The fourth-order valence-electron chi connectivity index (χ4n) is 2.72. The molecule has 0 aliphatic carbocycles. The van der Waals surface area contributed by atoms with Gasteiger partial charge in [-0.3, -0.25) is 24.5 Å². The summed E-state index contributed by atoms with van der Waals surface area (Å²) in [6.45, 7) is 1.02. The molecule has 2 aromatic rings. The highest BCUT2D eigenvalue weighted by Crippen LogP contribution is 2.22. The molecule has 0 aromatic heterocycles. The number of nitrogens with zero attached hydrogens (tertiary/aromatic N) is 1. The van der Waals surface area contributed by atoms with Crippen molar-refractivity contribution in [1.82, 2.24) is 0 Å². The number of benzene rings is 2. The van der Waals surface area contributed by atoms with Crippen LogP contribution in [0.15, 0.2) is 42.5 Å². The first-order valence-corrected chi connectivity index (χ1v) is 9.88. The van der Waals surface area contributed by atoms with Gasteiger partial charge in [0.1, 0.15) is 0 Å². The van der Waals surface area contributed by atoms with Crippen LogP contribution in [0.4, 0.5) is 17.1 Å². The van der Waals surface area contributed by atoms with Crippen LogP contribution >= 0.6 is 0 Å². The number of aryl methyl sites for hydroxylation is 1. The summed E-state index contributed by atoms with van der Waals surface area (Å²) in [6.07, 6.45) is 0.182. The summed E-state index contributed by atoms with van der Waals surface area (Å²) in [5.74, 6) is -2.11. The van der Waals surface area contributed by atoms with Crippen molar-refractivity contribution >= 4 is 40.8 Å². The summed E-state index contributed by atoms with van der Waals surface area (Å²) in [6, 6.07) is 10.4. The number of carbonyl (C=O) groups excluding carboxylic acids is 4. The highest BCUT2D eigenvalue weighted by molar-refractivity contribution is 5.94. The van der Waals surface area contributed by atoms with Crippen LogP contribution in [0.1, 0.15) is 35.2 Å². The first-order valence-electron chi connectivity index (χ1n) is 9.88. The Bertz CT molecular complexity index is 1050. The third-order valence-electron chi connectivity index (χ3n) is 4.43. The Kier molecular flexibility index (Phi) is 9.04. The summed E-state index contributed by atoms with van der Waals surface area (Å²) in [4.78, 5) is 57.4. The molecule has 0 spiro atoms. The number of nitro benzene ring substituents is 1. The molecule has 174 valence electrons. The zero-order chi connectivity index (χ0) is 24.4. The number of esters is 2. The molecule has 0 saturated carbocycles. The monoisotopic (exact) mass is 457 g/mol. The average molecular weight is 457 g/mol. The van der Waals surface area contributed by atoms with Crippen molar-refractivity contribution < 1.29 is 33.6 Å². The number of nitro groups is 1. The van der Waals surface area contributed by atoms with Gasteiger partial charge in [0.25, 0.3) is 11.6 Å². The molecule has 0 saturated heterocycles. The van der Waals surface area contributed by atoms with Crippen LogP contribution in [-0.2, 0) is 23.9 Å². The Labute approximate surface area is 189 Å². The molecule has 2 rings (SSSR count). The number of amides is 2. The van der Waals surface area contributed by atoms with Crippen LogP contribution < -0.4 is 10.6 Å². The molecule has 0 radical (unpaired) electrons. The summed E-state index contributed by atoms with van der Waals surface area (Å²) in [7, 11) is 1.27. The third-order valence-corrected chi connectivity index (χ3v) is 4.43. The minimum atomic E-state index is -0.657. The quantitative estimate of drug-likeness (QED) is 0.313. The zero-order valence-electron chi connectivity index (χ0n) is 18.1. The van der Waals surface area contributed by atoms with Gasteiger partial charge in [-0.1, -0.05) is 6.07 Å². The van der Waals surface area contributed by atoms with Gasteiger partial charge in [-0.25, -0.2) is 4.79 Å². The van der Waals surface area contributed by atoms with Crippen LogP contribution in [-0.4, -0.2) is 42.4 Å². The molecule has 0 atom stereocenters. The van der Waals surface area contributed by atoms with Gasteiger partial charge >= 0.3 is 11.9 Å². The number of ether oxygens (including phenoxy) is 2. The van der Waals surface area contributed by atoms with Gasteiger partial charge < -0.3 is 20.1 Å². The number of nitrogens with one attached hydrogen (secondary N) is 2. The van der Waals surface area contributed by atoms with Crippen LogP contribution in [0.5, 0.6) is 0 Å². The highest BCUT2D eigenvalue weighted by atomic mass is 16.6. The van der Waals surface area contributed by atoms with Gasteiger partial charge in [0.2, 0.25) is 5.91 Å². The highest BCUT2D eigenvalue weighted by Gasteiger charge is 2.14. The van der Waals surface area contributed by atoms with E-state index in [2.05, 4.69) is 15.4 Å². The molecule has 0 aliphatic heterocycles. The van der Waals surface area contributed by atoms with E-state index in [0.29, 0.717) is 16.8 Å². The average Bonchev–Trinajstić information content (AvgIpc) is 2.78. The molecule has 33 heavy (non-hydrogen) atoms. The van der Waals surface area contributed by atoms with Gasteiger partial charge in [-0.15, -0.1) is 0 Å². The van der Waals surface area contributed by atoms with E-state index in [9.17, 15) is 29.3 Å². The van der Waals surface area contributed by atoms with Crippen LogP contribution in [0.3, 0.4) is 0 Å². The molecule has 0 heterocycles. The van der Waals surface area contributed by atoms with E-state index < -0.39 is 29.4 Å². The van der Waals surface area contributed by atoms with E-state index in [0.717, 1.165) is 0 Å². The smallest absolute Gasteiger partial charge is 0.337 e. The van der Waals surface area contributed by atoms with Crippen LogP contribution in [0, 0.1) is 17.0 Å². The second kappa shape index (κ2) is 11.9. The minimum absolute atomic E-state index is 0.0487. The SMILES string of the molecule is COC(=O)c1ccc(NC(=O)CCCC(=O)OCC(=O)Nc2ccc(C)c([N+](=O)[O-])c2)cc1. The zero-order valence-corrected chi connectivity index (χ0v) is 18.1. The predicted octanol–water partition coefficient (Wildman–Crippen LogP) is 2.98. The van der Waals surface area contributed by atoms with Crippen molar-refractivity contribution in [2.75, 3.05) is 24.4 Å². The Balaban J connectivity index is 1.69. The summed E-state index contributed by atoms with van der Waals surface area (Å²) in [5.41, 5.74) is 1.37. The molecule has 11 nitrogen and oxygen atoms in total. The predicted molar refractivity (Wildman–Crippen MR) is 118 cm³/mol. The molecular weight excluding hydrogens is 434 g/mol. The first kappa shape index (κ1) is 25.0. The lowest BCUT2D eigenvalue weighted by Crippen LogP contribution is -2.21. The fraction of sp³-hybridized carbons (Fsp3) is 0.273. The minimum Gasteiger partial charge on any atom is -0.465 e. The molecule has 0 aliphatic rings. The number of anilines is 2. The third kappa shape index (κ3) is 8.05. The number of hydrogen-bond donors (Lipinski definition) is 2. The maximum absolute atomic E-state index is 12.0. The Morgan fingerprint density at radius 2 is 1.58 bits per heavy atom. The number of methoxy groups -OCH3 is 1. The Hall–Kier alpha value is -4.28. The van der Waals surface area contributed by atoms with E-state index in [1.807, 2.05) is 0 Å². The number of rotatable bonds is 10. The van der Waals surface area contributed by atoms with Crippen molar-refractivity contribution in [3.8, 4) is 0 Å². The molecule has 2 amide bonds. The van der Waals surface area contributed by atoms with E-state index in [4.69, 9.17) is 4.74 Å². The molecular formula is C22H23N3O8. The van der Waals surface area contributed by atoms with Crippen molar-refractivity contribution in [1.29, 1.82) is 0 Å². The van der Waals surface area contributed by atoms with Crippen LogP contribution in [0.2, 0.25) is 0 Å². The van der Waals surface area contributed by atoms with Gasteiger partial charge in [-0.05, 0) is 43.7 Å². The van der Waals surface area contributed by atoms with Crippen molar-refractivity contribution in [3.63, 3.8) is 0 Å². The number of carbonyl (C=O) groups is 4. The maximum atomic E-state index is 12.0. The second-order valence-corrected chi connectivity index (χ2v) is 6.94. The molecule has 11 heteroatoms. The summed E-state index contributed by atoms with van der Waals surface area (Å²) in [5, 5.41) is 16.0. The van der Waals surface area contributed by atoms with Crippen molar-refractivity contribution in [2.45, 2.75) is 26.2 Å². The van der Waals surface area contributed by atoms with E-state index in [-0.39, 0.29) is 36.5 Å². The van der Waals surface area contributed by atoms with E-state index >= 15 is 0 Å². The van der Waals surface area contributed by atoms with Gasteiger partial charge in [0.05, 0.1) is 17.6 Å². The molecule has 0 fully saturated rings. The van der Waals surface area contributed by atoms with Crippen molar-refractivity contribution in [3.05, 3.63) is 63.7 Å². The second-order valence-electron chi connectivity index (χ2n) is 6.94. The van der Waals surface area contributed by atoms with E-state index in [1.54, 1.807) is 19.1 Å². The molecule has 2 N–H and O–H groups in total. The topological polar surface area (TPSA) is 154 Å². The normalized spacial score (nSPS) is 10.1. The largest absolute Gasteiger partial charge is 0.465 e. The Morgan fingerprint density at radius 1 is 0.939 bits per heavy atom. The van der Waals surface area contributed by atoms with Crippen molar-refractivity contribution in [2.24, 2.45) is 0 Å². The fourth-order valence-corrected chi connectivity index (χ4v) is 2.72. The molecule has 2 aromatic carbocycles. The number of hydrogen-bond acceptors (Lipinski definition) is 8. The molecule has 0 bridgehead atoms.